The molecular weight excluding hydrogens is 458 g/mol. The Labute approximate surface area is 208 Å². The number of thiazole rings is 1. The number of nitrogens with one attached hydrogen (secondary N) is 1. The zero-order valence-corrected chi connectivity index (χ0v) is 20.9. The molecule has 1 aliphatic heterocycles. The lowest BCUT2D eigenvalue weighted by Crippen LogP contribution is -2.45. The fourth-order valence-corrected chi connectivity index (χ4v) is 5.87. The third-order valence-corrected chi connectivity index (χ3v) is 7.85. The van der Waals surface area contributed by atoms with E-state index in [2.05, 4.69) is 33.9 Å². The number of benzene rings is 2. The lowest BCUT2D eigenvalue weighted by Gasteiger charge is -2.33. The number of nitrogens with zero attached hydrogens (tertiary/aromatic N) is 4. The van der Waals surface area contributed by atoms with Gasteiger partial charge < -0.3 is 9.88 Å². The molecule has 5 rings (SSSR count). The van der Waals surface area contributed by atoms with E-state index in [9.17, 15) is 9.59 Å². The molecule has 1 amide bonds. The van der Waals surface area contributed by atoms with Crippen LogP contribution in [0.5, 0.6) is 0 Å². The summed E-state index contributed by atoms with van der Waals surface area (Å²) in [5, 5.41) is 1.71. The van der Waals surface area contributed by atoms with Crippen molar-refractivity contribution in [3.63, 3.8) is 0 Å². The van der Waals surface area contributed by atoms with Crippen LogP contribution in [-0.2, 0) is 11.3 Å². The first kappa shape index (κ1) is 23.6. The molecule has 2 aromatic carbocycles. The molecule has 2 aromatic heterocycles. The van der Waals surface area contributed by atoms with Crippen LogP contribution in [0.4, 0.5) is 0 Å². The van der Waals surface area contributed by atoms with E-state index in [1.165, 1.54) is 4.70 Å². The van der Waals surface area contributed by atoms with Crippen LogP contribution < -0.4 is 5.56 Å². The molecule has 1 N–H and O–H groups in total. The van der Waals surface area contributed by atoms with Crippen molar-refractivity contribution >= 4 is 38.4 Å². The minimum Gasteiger partial charge on any atom is -0.341 e. The second kappa shape index (κ2) is 10.7. The molecule has 1 saturated heterocycles. The van der Waals surface area contributed by atoms with E-state index in [4.69, 9.17) is 4.98 Å². The Morgan fingerprint density at radius 1 is 1.14 bits per heavy atom. The smallest absolute Gasteiger partial charge is 0.258 e. The molecular formula is C27H31N5O2S. The summed E-state index contributed by atoms with van der Waals surface area (Å²) in [4.78, 5) is 42.4. The molecule has 0 spiro atoms. The first-order valence-electron chi connectivity index (χ1n) is 12.4. The molecule has 0 radical (unpaired) electrons. The maximum Gasteiger partial charge on any atom is 0.258 e. The summed E-state index contributed by atoms with van der Waals surface area (Å²) < 4.78 is 1.20. The summed E-state index contributed by atoms with van der Waals surface area (Å²) in [5.41, 5.74) is 1.59. The van der Waals surface area contributed by atoms with E-state index in [1.807, 2.05) is 35.2 Å². The number of aromatic amines is 1. The normalized spacial score (nSPS) is 16.4. The van der Waals surface area contributed by atoms with Gasteiger partial charge in [-0.25, -0.2) is 9.97 Å². The van der Waals surface area contributed by atoms with Crippen molar-refractivity contribution in [3.8, 4) is 0 Å². The van der Waals surface area contributed by atoms with E-state index in [1.54, 1.807) is 17.4 Å². The molecule has 182 valence electrons. The number of carbonyl (C=O) groups is 1. The summed E-state index contributed by atoms with van der Waals surface area (Å²) in [6, 6.07) is 15.6. The van der Waals surface area contributed by atoms with Crippen LogP contribution in [0.3, 0.4) is 0 Å². The number of amides is 1. The molecule has 7 nitrogen and oxygen atoms in total. The number of aromatic nitrogens is 3. The summed E-state index contributed by atoms with van der Waals surface area (Å²) in [7, 11) is 0. The SMILES string of the molecule is CCCCN(CC(=O)N1CCCC(c2nc3ccccc3s2)C1)Cc1nc2ccccc2c(=O)[nH]1. The monoisotopic (exact) mass is 489 g/mol. The largest absolute Gasteiger partial charge is 0.341 e. The molecule has 0 saturated carbocycles. The van der Waals surface area contributed by atoms with Crippen LogP contribution in [0.25, 0.3) is 21.1 Å². The van der Waals surface area contributed by atoms with Gasteiger partial charge in [0.05, 0.1) is 39.2 Å². The van der Waals surface area contributed by atoms with E-state index in [-0.39, 0.29) is 17.4 Å². The number of hydrogen-bond acceptors (Lipinski definition) is 6. The summed E-state index contributed by atoms with van der Waals surface area (Å²) in [6.07, 6.45) is 4.07. The molecule has 0 bridgehead atoms. The molecule has 1 unspecified atom stereocenters. The molecule has 1 atom stereocenters. The molecule has 4 aromatic rings. The average Bonchev–Trinajstić information content (AvgIpc) is 3.32. The van der Waals surface area contributed by atoms with Gasteiger partial charge in [0.25, 0.3) is 5.56 Å². The maximum atomic E-state index is 13.4. The number of para-hydroxylation sites is 2. The van der Waals surface area contributed by atoms with Gasteiger partial charge in [0, 0.05) is 19.0 Å². The van der Waals surface area contributed by atoms with Crippen molar-refractivity contribution < 1.29 is 4.79 Å². The van der Waals surface area contributed by atoms with Crippen molar-refractivity contribution in [1.82, 2.24) is 24.8 Å². The quantitative estimate of drug-likeness (QED) is 0.393. The van der Waals surface area contributed by atoms with Crippen LogP contribution in [-0.4, -0.2) is 56.8 Å². The highest BCUT2D eigenvalue weighted by Crippen LogP contribution is 2.33. The van der Waals surface area contributed by atoms with E-state index >= 15 is 0 Å². The fraction of sp³-hybridized carbons (Fsp3) is 0.407. The van der Waals surface area contributed by atoms with E-state index < -0.39 is 0 Å². The molecule has 8 heteroatoms. The second-order valence-electron chi connectivity index (χ2n) is 9.29. The molecule has 1 aliphatic rings. The highest BCUT2D eigenvalue weighted by Gasteiger charge is 2.28. The highest BCUT2D eigenvalue weighted by molar-refractivity contribution is 7.18. The lowest BCUT2D eigenvalue weighted by molar-refractivity contribution is -0.133. The minimum atomic E-state index is -0.137. The Bertz CT molecular complexity index is 1350. The van der Waals surface area contributed by atoms with E-state index in [0.29, 0.717) is 36.4 Å². The predicted octanol–water partition coefficient (Wildman–Crippen LogP) is 4.54. The van der Waals surface area contributed by atoms with Crippen LogP contribution in [0.15, 0.2) is 53.3 Å². The summed E-state index contributed by atoms with van der Waals surface area (Å²) >= 11 is 1.75. The number of carbonyl (C=O) groups excluding carboxylic acids is 1. The number of likely N-dealkylation sites (tertiary alicyclic amines) is 1. The maximum absolute atomic E-state index is 13.4. The van der Waals surface area contributed by atoms with Crippen molar-refractivity contribution in [2.24, 2.45) is 0 Å². The van der Waals surface area contributed by atoms with Gasteiger partial charge in [0.15, 0.2) is 0 Å². The first-order chi connectivity index (χ1) is 17.1. The average molecular weight is 490 g/mol. The number of H-pyrrole nitrogens is 1. The van der Waals surface area contributed by atoms with Gasteiger partial charge in [0.1, 0.15) is 5.82 Å². The van der Waals surface area contributed by atoms with E-state index in [0.717, 1.165) is 49.3 Å². The number of unbranched alkanes of at least 4 members (excludes halogenated alkanes) is 1. The Morgan fingerprint density at radius 3 is 2.77 bits per heavy atom. The third kappa shape index (κ3) is 5.44. The van der Waals surface area contributed by atoms with Crippen molar-refractivity contribution in [2.75, 3.05) is 26.2 Å². The number of fused-ring (bicyclic) bond motifs is 2. The summed E-state index contributed by atoms with van der Waals surface area (Å²) in [5.74, 6) is 1.02. The van der Waals surface area contributed by atoms with Crippen LogP contribution in [0.1, 0.15) is 49.4 Å². The van der Waals surface area contributed by atoms with Crippen LogP contribution >= 0.6 is 11.3 Å². The second-order valence-corrected chi connectivity index (χ2v) is 10.4. The van der Waals surface area contributed by atoms with Gasteiger partial charge in [-0.1, -0.05) is 37.6 Å². The van der Waals surface area contributed by atoms with Crippen LogP contribution in [0.2, 0.25) is 0 Å². The Balaban J connectivity index is 1.28. The van der Waals surface area contributed by atoms with Gasteiger partial charge in [-0.05, 0) is 50.1 Å². The van der Waals surface area contributed by atoms with Gasteiger partial charge in [0.2, 0.25) is 5.91 Å². The van der Waals surface area contributed by atoms with Crippen molar-refractivity contribution in [1.29, 1.82) is 0 Å². The molecule has 3 heterocycles. The Morgan fingerprint density at radius 2 is 1.94 bits per heavy atom. The van der Waals surface area contributed by atoms with Gasteiger partial charge in [-0.3, -0.25) is 14.5 Å². The Kier molecular flexibility index (Phi) is 7.20. The predicted molar refractivity (Wildman–Crippen MR) is 141 cm³/mol. The first-order valence-corrected chi connectivity index (χ1v) is 13.3. The third-order valence-electron chi connectivity index (χ3n) is 6.66. The topological polar surface area (TPSA) is 82.2 Å². The van der Waals surface area contributed by atoms with Gasteiger partial charge >= 0.3 is 0 Å². The number of piperidine rings is 1. The van der Waals surface area contributed by atoms with Crippen molar-refractivity contribution in [3.05, 3.63) is 69.7 Å². The van der Waals surface area contributed by atoms with Crippen molar-refractivity contribution in [2.45, 2.75) is 45.1 Å². The zero-order chi connectivity index (χ0) is 24.2. The number of rotatable bonds is 8. The molecule has 35 heavy (non-hydrogen) atoms. The standard InChI is InChI=1S/C27H31N5O2S/c1-2-3-14-31(17-24-28-21-11-5-4-10-20(21)26(34)30-24)18-25(33)32-15-8-9-19(16-32)27-29-22-12-6-7-13-23(22)35-27/h4-7,10-13,19H,2-3,8-9,14-18H2,1H3,(H,28,30,34). The Hall–Kier alpha value is -3.10. The molecule has 0 aliphatic carbocycles. The summed E-state index contributed by atoms with van der Waals surface area (Å²) in [6.45, 7) is 5.19. The van der Waals surface area contributed by atoms with Crippen LogP contribution in [0, 0.1) is 0 Å². The minimum absolute atomic E-state index is 0.134. The fourth-order valence-electron chi connectivity index (χ4n) is 4.78. The zero-order valence-electron chi connectivity index (χ0n) is 20.1. The van der Waals surface area contributed by atoms with Gasteiger partial charge in [-0.15, -0.1) is 11.3 Å². The molecule has 1 fully saturated rings. The lowest BCUT2D eigenvalue weighted by atomic mass is 9.98. The number of hydrogen-bond donors (Lipinski definition) is 1. The van der Waals surface area contributed by atoms with Gasteiger partial charge in [-0.2, -0.15) is 0 Å². The highest BCUT2D eigenvalue weighted by atomic mass is 32.1.